The summed E-state index contributed by atoms with van der Waals surface area (Å²) in [4.78, 5) is 0. The summed E-state index contributed by atoms with van der Waals surface area (Å²) in [6.45, 7) is 1.06. The van der Waals surface area contributed by atoms with Crippen LogP contribution in [-0.2, 0) is 0 Å². The molecule has 0 amide bonds. The molecule has 2 N–H and O–H groups in total. The molecule has 0 bridgehead atoms. The van der Waals surface area contributed by atoms with Gasteiger partial charge in [-0.15, -0.1) is 10.2 Å². The highest BCUT2D eigenvalue weighted by Crippen LogP contribution is 2.21. The Kier molecular flexibility index (Phi) is 4.57. The molecule has 108 valence electrons. The molecule has 0 aliphatic heterocycles. The van der Waals surface area contributed by atoms with E-state index in [9.17, 15) is 8.78 Å². The minimum Gasteiger partial charge on any atom is -0.435 e. The van der Waals surface area contributed by atoms with Crippen LogP contribution in [0.1, 0.15) is 37.3 Å². The predicted molar refractivity (Wildman–Crippen MR) is 67.2 cm³/mol. The van der Waals surface area contributed by atoms with Gasteiger partial charge < -0.3 is 10.1 Å². The van der Waals surface area contributed by atoms with Gasteiger partial charge in [-0.25, -0.2) is 0 Å². The van der Waals surface area contributed by atoms with E-state index in [1.165, 1.54) is 12.1 Å². The van der Waals surface area contributed by atoms with Crippen LogP contribution in [0, 0.1) is 0 Å². The van der Waals surface area contributed by atoms with Crippen LogP contribution < -0.4 is 10.1 Å². The van der Waals surface area contributed by atoms with Gasteiger partial charge in [-0.3, -0.25) is 0 Å². The molecule has 1 aromatic carbocycles. The summed E-state index contributed by atoms with van der Waals surface area (Å²) in [5, 5.41) is 17.0. The first-order valence-corrected chi connectivity index (χ1v) is 6.10. The number of alkyl halides is 2. The van der Waals surface area contributed by atoms with Gasteiger partial charge >= 0.3 is 6.61 Å². The molecule has 2 aromatic rings. The van der Waals surface area contributed by atoms with Crippen molar-refractivity contribution >= 4 is 0 Å². The maximum absolute atomic E-state index is 12.1. The maximum Gasteiger partial charge on any atom is 0.387 e. The van der Waals surface area contributed by atoms with E-state index < -0.39 is 6.61 Å². The highest BCUT2D eigenvalue weighted by Gasteiger charge is 2.14. The van der Waals surface area contributed by atoms with Crippen molar-refractivity contribution in [1.29, 1.82) is 0 Å². The molecule has 0 fully saturated rings. The molecule has 0 radical (unpaired) electrons. The molecule has 2 unspecified atom stereocenters. The Morgan fingerprint density at radius 3 is 2.40 bits per heavy atom. The number of rotatable bonds is 6. The van der Waals surface area contributed by atoms with Gasteiger partial charge in [0.05, 0.1) is 6.04 Å². The third kappa shape index (κ3) is 3.70. The first kappa shape index (κ1) is 14.3. The molecule has 0 spiro atoms. The number of aromatic amines is 1. The lowest BCUT2D eigenvalue weighted by Gasteiger charge is -2.18. The molecule has 8 heteroatoms. The van der Waals surface area contributed by atoms with Crippen molar-refractivity contribution in [2.75, 3.05) is 0 Å². The fourth-order valence-electron chi connectivity index (χ4n) is 1.84. The zero-order chi connectivity index (χ0) is 14.5. The summed E-state index contributed by atoms with van der Waals surface area (Å²) in [5.74, 6) is 0.705. The van der Waals surface area contributed by atoms with Crippen LogP contribution in [0.4, 0.5) is 8.78 Å². The highest BCUT2D eigenvalue weighted by atomic mass is 19.3. The standard InChI is InChI=1S/C12H15F2N5O/c1-7(15-8(2)11-16-18-19-17-11)9-3-5-10(6-4-9)20-12(13)14/h3-8,12,15H,1-2H3,(H,16,17,18,19). The number of aromatic nitrogens is 4. The second-order valence-electron chi connectivity index (χ2n) is 4.33. The zero-order valence-electron chi connectivity index (χ0n) is 11.0. The molecule has 0 aliphatic rings. The van der Waals surface area contributed by atoms with Crippen molar-refractivity contribution in [1.82, 2.24) is 25.9 Å². The number of H-pyrrole nitrogens is 1. The number of nitrogens with zero attached hydrogens (tertiary/aromatic N) is 3. The molecule has 20 heavy (non-hydrogen) atoms. The number of ether oxygens (including phenoxy) is 1. The molecule has 0 saturated heterocycles. The van der Waals surface area contributed by atoms with Gasteiger partial charge in [-0.1, -0.05) is 17.3 Å². The molecule has 1 aromatic heterocycles. The summed E-state index contributed by atoms with van der Waals surface area (Å²) in [7, 11) is 0. The summed E-state index contributed by atoms with van der Waals surface area (Å²) in [5.41, 5.74) is 0.946. The normalized spacial score (nSPS) is 14.2. The minimum atomic E-state index is -2.81. The highest BCUT2D eigenvalue weighted by molar-refractivity contribution is 5.29. The van der Waals surface area contributed by atoms with E-state index in [2.05, 4.69) is 30.7 Å². The van der Waals surface area contributed by atoms with Crippen molar-refractivity contribution in [2.24, 2.45) is 0 Å². The summed E-state index contributed by atoms with van der Waals surface area (Å²) >= 11 is 0. The Morgan fingerprint density at radius 1 is 1.15 bits per heavy atom. The van der Waals surface area contributed by atoms with Crippen molar-refractivity contribution in [2.45, 2.75) is 32.5 Å². The smallest absolute Gasteiger partial charge is 0.387 e. The van der Waals surface area contributed by atoms with Gasteiger partial charge in [0.2, 0.25) is 0 Å². The van der Waals surface area contributed by atoms with Crippen molar-refractivity contribution in [3.8, 4) is 5.75 Å². The Hall–Kier alpha value is -2.09. The fraction of sp³-hybridized carbons (Fsp3) is 0.417. The van der Waals surface area contributed by atoms with E-state index in [1.807, 2.05) is 13.8 Å². The van der Waals surface area contributed by atoms with Crippen LogP contribution in [0.25, 0.3) is 0 Å². The van der Waals surface area contributed by atoms with E-state index in [0.29, 0.717) is 5.82 Å². The van der Waals surface area contributed by atoms with E-state index >= 15 is 0 Å². The second kappa shape index (κ2) is 6.38. The molecule has 1 heterocycles. The number of hydrogen-bond donors (Lipinski definition) is 2. The summed E-state index contributed by atoms with van der Waals surface area (Å²) in [6, 6.07) is 6.42. The maximum atomic E-state index is 12.1. The third-order valence-corrected chi connectivity index (χ3v) is 2.85. The van der Waals surface area contributed by atoms with Crippen LogP contribution in [0.5, 0.6) is 5.75 Å². The number of halogens is 2. The lowest BCUT2D eigenvalue weighted by Crippen LogP contribution is -2.23. The molecule has 2 atom stereocenters. The fourth-order valence-corrected chi connectivity index (χ4v) is 1.84. The van der Waals surface area contributed by atoms with Crippen molar-refractivity contribution < 1.29 is 13.5 Å². The average Bonchev–Trinajstić information content (AvgIpc) is 2.92. The number of nitrogens with one attached hydrogen (secondary N) is 2. The summed E-state index contributed by atoms with van der Waals surface area (Å²) in [6.07, 6.45) is 0. The van der Waals surface area contributed by atoms with Crippen molar-refractivity contribution in [3.05, 3.63) is 35.7 Å². The van der Waals surface area contributed by atoms with Gasteiger partial charge in [-0.05, 0) is 31.5 Å². The van der Waals surface area contributed by atoms with Crippen molar-refractivity contribution in [3.63, 3.8) is 0 Å². The lowest BCUT2D eigenvalue weighted by atomic mass is 10.1. The van der Waals surface area contributed by atoms with Crippen LogP contribution >= 0.6 is 0 Å². The Balaban J connectivity index is 1.97. The molecule has 2 rings (SSSR count). The Labute approximate surface area is 114 Å². The van der Waals surface area contributed by atoms with Gasteiger partial charge in [0.25, 0.3) is 0 Å². The van der Waals surface area contributed by atoms with E-state index in [0.717, 1.165) is 5.56 Å². The van der Waals surface area contributed by atoms with Gasteiger partial charge in [-0.2, -0.15) is 14.0 Å². The van der Waals surface area contributed by atoms with E-state index in [-0.39, 0.29) is 17.8 Å². The first-order valence-electron chi connectivity index (χ1n) is 6.10. The Morgan fingerprint density at radius 2 is 1.85 bits per heavy atom. The average molecular weight is 283 g/mol. The van der Waals surface area contributed by atoms with Gasteiger partial charge in [0, 0.05) is 6.04 Å². The Bertz CT molecular complexity index is 517. The van der Waals surface area contributed by atoms with E-state index in [4.69, 9.17) is 0 Å². The molecule has 6 nitrogen and oxygen atoms in total. The van der Waals surface area contributed by atoms with Gasteiger partial charge in [0.15, 0.2) is 5.82 Å². The molecular formula is C12H15F2N5O. The van der Waals surface area contributed by atoms with Gasteiger partial charge in [0.1, 0.15) is 5.75 Å². The molecular weight excluding hydrogens is 268 g/mol. The third-order valence-electron chi connectivity index (χ3n) is 2.85. The van der Waals surface area contributed by atoms with Crippen LogP contribution in [0.2, 0.25) is 0 Å². The van der Waals surface area contributed by atoms with Crippen LogP contribution in [0.3, 0.4) is 0 Å². The zero-order valence-corrected chi connectivity index (χ0v) is 11.0. The SMILES string of the molecule is CC(NC(C)c1nn[nH]n1)c1ccc(OC(F)F)cc1. The summed E-state index contributed by atoms with van der Waals surface area (Å²) < 4.78 is 28.4. The number of hydrogen-bond acceptors (Lipinski definition) is 5. The molecule has 0 saturated carbocycles. The molecule has 0 aliphatic carbocycles. The number of tetrazole rings is 1. The lowest BCUT2D eigenvalue weighted by molar-refractivity contribution is -0.0498. The van der Waals surface area contributed by atoms with Crippen LogP contribution in [0.15, 0.2) is 24.3 Å². The topological polar surface area (TPSA) is 75.7 Å². The number of benzene rings is 1. The largest absolute Gasteiger partial charge is 0.435 e. The predicted octanol–water partition coefficient (Wildman–Crippen LogP) is 2.21. The van der Waals surface area contributed by atoms with E-state index in [1.54, 1.807) is 12.1 Å². The quantitative estimate of drug-likeness (QED) is 0.850. The monoisotopic (exact) mass is 283 g/mol. The second-order valence-corrected chi connectivity index (χ2v) is 4.33. The minimum absolute atomic E-state index is 0.00380. The first-order chi connectivity index (χ1) is 9.56. The van der Waals surface area contributed by atoms with Crippen LogP contribution in [-0.4, -0.2) is 27.2 Å².